The van der Waals surface area contributed by atoms with Gasteiger partial charge in [-0.2, -0.15) is 0 Å². The van der Waals surface area contributed by atoms with Crippen molar-refractivity contribution in [2.24, 2.45) is 0 Å². The summed E-state index contributed by atoms with van der Waals surface area (Å²) in [5.41, 5.74) is 4.04. The number of aromatic nitrogens is 1. The SMILES string of the molecule is Cc1ccc(C)c2sc(N3CCN(CCNC(=O)c4ccc(S(=O)(=O)N(C)C)cc4)CC3)nc12. The molecule has 1 aliphatic heterocycles. The van der Waals surface area contributed by atoms with Crippen LogP contribution in [0.3, 0.4) is 0 Å². The molecule has 1 fully saturated rings. The molecule has 1 N–H and O–H groups in total. The summed E-state index contributed by atoms with van der Waals surface area (Å²) >= 11 is 1.77. The number of thiazole rings is 1. The number of aryl methyl sites for hydroxylation is 2. The van der Waals surface area contributed by atoms with E-state index in [4.69, 9.17) is 4.98 Å². The number of nitrogens with zero attached hydrogens (tertiary/aromatic N) is 4. The first kappa shape index (κ1) is 24.6. The number of hydrogen-bond donors (Lipinski definition) is 1. The predicted octanol–water partition coefficient (Wildman–Crippen LogP) is 2.72. The van der Waals surface area contributed by atoms with Crippen LogP contribution >= 0.6 is 11.3 Å². The standard InChI is InChI=1S/C24H31N5O3S2/c1-17-5-6-18(2)22-21(17)26-24(33-22)29-15-13-28(14-16-29)12-11-25-23(30)19-7-9-20(10-8-19)34(31,32)27(3)4/h5-10H,11-16H2,1-4H3,(H,25,30). The molecule has 4 rings (SSSR count). The molecular weight excluding hydrogens is 470 g/mol. The second-order valence-electron chi connectivity index (χ2n) is 8.77. The van der Waals surface area contributed by atoms with Crippen molar-refractivity contribution in [2.75, 3.05) is 58.3 Å². The average Bonchev–Trinajstić information content (AvgIpc) is 3.29. The Morgan fingerprint density at radius 2 is 1.68 bits per heavy atom. The van der Waals surface area contributed by atoms with E-state index in [9.17, 15) is 13.2 Å². The van der Waals surface area contributed by atoms with Crippen molar-refractivity contribution in [1.29, 1.82) is 0 Å². The Balaban J connectivity index is 1.26. The Labute approximate surface area is 205 Å². The third kappa shape index (κ3) is 5.10. The van der Waals surface area contributed by atoms with Gasteiger partial charge in [0, 0.05) is 58.9 Å². The van der Waals surface area contributed by atoms with Gasteiger partial charge in [0.25, 0.3) is 5.91 Å². The molecule has 3 aromatic rings. The summed E-state index contributed by atoms with van der Waals surface area (Å²) in [6, 6.07) is 10.3. The van der Waals surface area contributed by atoms with Gasteiger partial charge in [-0.15, -0.1) is 0 Å². The Morgan fingerprint density at radius 3 is 2.29 bits per heavy atom. The molecule has 0 spiro atoms. The van der Waals surface area contributed by atoms with Crippen LogP contribution in [-0.2, 0) is 10.0 Å². The summed E-state index contributed by atoms with van der Waals surface area (Å²) in [5.74, 6) is -0.201. The highest BCUT2D eigenvalue weighted by molar-refractivity contribution is 7.89. The average molecular weight is 502 g/mol. The maximum absolute atomic E-state index is 12.5. The maximum atomic E-state index is 12.5. The van der Waals surface area contributed by atoms with E-state index in [0.717, 1.165) is 47.7 Å². The zero-order valence-electron chi connectivity index (χ0n) is 20.0. The lowest BCUT2D eigenvalue weighted by Crippen LogP contribution is -2.48. The number of carbonyl (C=O) groups excluding carboxylic acids is 1. The quantitative estimate of drug-likeness (QED) is 0.536. The Bertz CT molecular complexity index is 1240. The number of sulfonamides is 1. The van der Waals surface area contributed by atoms with E-state index in [1.54, 1.807) is 23.5 Å². The fourth-order valence-corrected chi connectivity index (χ4v) is 6.03. The topological polar surface area (TPSA) is 85.8 Å². The van der Waals surface area contributed by atoms with Crippen LogP contribution in [0.1, 0.15) is 21.5 Å². The van der Waals surface area contributed by atoms with Crippen molar-refractivity contribution in [1.82, 2.24) is 19.5 Å². The number of carbonyl (C=O) groups is 1. The van der Waals surface area contributed by atoms with E-state index in [1.807, 2.05) is 0 Å². The lowest BCUT2D eigenvalue weighted by atomic mass is 10.1. The van der Waals surface area contributed by atoms with E-state index < -0.39 is 10.0 Å². The second-order valence-corrected chi connectivity index (χ2v) is 11.9. The molecule has 0 atom stereocenters. The molecule has 1 aromatic heterocycles. The van der Waals surface area contributed by atoms with Crippen molar-refractivity contribution >= 4 is 42.6 Å². The number of anilines is 1. The summed E-state index contributed by atoms with van der Waals surface area (Å²) in [6.45, 7) is 9.21. The Kier molecular flexibility index (Phi) is 7.22. The van der Waals surface area contributed by atoms with Crippen LogP contribution in [0, 0.1) is 13.8 Å². The molecule has 1 aliphatic rings. The highest BCUT2D eigenvalue weighted by atomic mass is 32.2. The predicted molar refractivity (Wildman–Crippen MR) is 137 cm³/mol. The highest BCUT2D eigenvalue weighted by Crippen LogP contribution is 2.33. The van der Waals surface area contributed by atoms with Crippen LogP contribution in [0.4, 0.5) is 5.13 Å². The molecule has 0 radical (unpaired) electrons. The van der Waals surface area contributed by atoms with Crippen molar-refractivity contribution in [3.05, 3.63) is 53.1 Å². The fraction of sp³-hybridized carbons (Fsp3) is 0.417. The van der Waals surface area contributed by atoms with Crippen LogP contribution < -0.4 is 10.2 Å². The van der Waals surface area contributed by atoms with E-state index in [2.05, 4.69) is 41.1 Å². The van der Waals surface area contributed by atoms with Crippen LogP contribution in [0.15, 0.2) is 41.3 Å². The van der Waals surface area contributed by atoms with E-state index in [-0.39, 0.29) is 10.8 Å². The number of amides is 1. The minimum Gasteiger partial charge on any atom is -0.351 e. The summed E-state index contributed by atoms with van der Waals surface area (Å²) < 4.78 is 26.7. The van der Waals surface area contributed by atoms with Gasteiger partial charge in [-0.05, 0) is 49.2 Å². The number of piperazine rings is 1. The molecule has 182 valence electrons. The van der Waals surface area contributed by atoms with Gasteiger partial charge >= 0.3 is 0 Å². The number of fused-ring (bicyclic) bond motifs is 1. The molecule has 1 saturated heterocycles. The zero-order chi connectivity index (χ0) is 24.5. The minimum atomic E-state index is -3.50. The van der Waals surface area contributed by atoms with Gasteiger partial charge in [0.15, 0.2) is 5.13 Å². The Hall–Kier alpha value is -2.53. The van der Waals surface area contributed by atoms with Gasteiger partial charge in [0.05, 0.1) is 15.1 Å². The first-order valence-electron chi connectivity index (χ1n) is 11.3. The molecule has 1 amide bonds. The molecule has 0 bridgehead atoms. The highest BCUT2D eigenvalue weighted by Gasteiger charge is 2.21. The molecule has 2 heterocycles. The van der Waals surface area contributed by atoms with Gasteiger partial charge in [0.2, 0.25) is 10.0 Å². The molecule has 0 saturated carbocycles. The Morgan fingerprint density at radius 1 is 1.03 bits per heavy atom. The van der Waals surface area contributed by atoms with E-state index in [1.165, 1.54) is 42.1 Å². The van der Waals surface area contributed by atoms with Crippen molar-refractivity contribution in [2.45, 2.75) is 18.7 Å². The van der Waals surface area contributed by atoms with Gasteiger partial charge in [-0.1, -0.05) is 23.5 Å². The second kappa shape index (κ2) is 9.99. The maximum Gasteiger partial charge on any atom is 0.251 e. The summed E-state index contributed by atoms with van der Waals surface area (Å²) in [4.78, 5) is 22.2. The third-order valence-corrected chi connectivity index (χ3v) is 9.26. The summed E-state index contributed by atoms with van der Waals surface area (Å²) in [6.07, 6.45) is 0. The largest absolute Gasteiger partial charge is 0.351 e. The van der Waals surface area contributed by atoms with Gasteiger partial charge in [0.1, 0.15) is 0 Å². The van der Waals surface area contributed by atoms with E-state index in [0.29, 0.717) is 12.1 Å². The lowest BCUT2D eigenvalue weighted by Gasteiger charge is -2.34. The van der Waals surface area contributed by atoms with Crippen molar-refractivity contribution < 1.29 is 13.2 Å². The van der Waals surface area contributed by atoms with Crippen LogP contribution in [-0.4, -0.2) is 81.9 Å². The smallest absolute Gasteiger partial charge is 0.251 e. The molecule has 2 aromatic carbocycles. The molecule has 0 aliphatic carbocycles. The first-order chi connectivity index (χ1) is 16.2. The molecule has 8 nitrogen and oxygen atoms in total. The molecular formula is C24H31N5O3S2. The molecule has 0 unspecified atom stereocenters. The minimum absolute atomic E-state index is 0.172. The fourth-order valence-electron chi connectivity index (χ4n) is 3.96. The lowest BCUT2D eigenvalue weighted by molar-refractivity contribution is 0.0947. The monoisotopic (exact) mass is 501 g/mol. The number of nitrogens with one attached hydrogen (secondary N) is 1. The molecule has 10 heteroatoms. The normalized spacial score (nSPS) is 15.3. The van der Waals surface area contributed by atoms with Crippen LogP contribution in [0.25, 0.3) is 10.2 Å². The van der Waals surface area contributed by atoms with E-state index >= 15 is 0 Å². The summed E-state index contributed by atoms with van der Waals surface area (Å²) in [7, 11) is -0.535. The van der Waals surface area contributed by atoms with Gasteiger partial charge < -0.3 is 10.2 Å². The van der Waals surface area contributed by atoms with Crippen LogP contribution in [0.5, 0.6) is 0 Å². The number of hydrogen-bond acceptors (Lipinski definition) is 7. The van der Waals surface area contributed by atoms with Crippen LogP contribution in [0.2, 0.25) is 0 Å². The van der Waals surface area contributed by atoms with Gasteiger partial charge in [-0.25, -0.2) is 17.7 Å². The number of rotatable bonds is 7. The zero-order valence-corrected chi connectivity index (χ0v) is 21.7. The number of benzene rings is 2. The van der Waals surface area contributed by atoms with Crippen molar-refractivity contribution in [3.8, 4) is 0 Å². The first-order valence-corrected chi connectivity index (χ1v) is 13.6. The van der Waals surface area contributed by atoms with Gasteiger partial charge in [-0.3, -0.25) is 9.69 Å². The molecule has 34 heavy (non-hydrogen) atoms. The van der Waals surface area contributed by atoms with Crippen molar-refractivity contribution in [3.63, 3.8) is 0 Å². The summed E-state index contributed by atoms with van der Waals surface area (Å²) in [5, 5.41) is 4.02. The third-order valence-electron chi connectivity index (χ3n) is 6.18.